The molecule has 0 spiro atoms. The number of carbonyl (C=O) groups is 1. The Hall–Kier alpha value is -2.14. The van der Waals surface area contributed by atoms with Gasteiger partial charge in [-0.1, -0.05) is 33.2 Å². The average Bonchev–Trinajstić information content (AvgIpc) is 2.47. The highest BCUT2D eigenvalue weighted by atomic mass is 79.9. The van der Waals surface area contributed by atoms with Crippen molar-refractivity contribution in [1.29, 1.82) is 0 Å². The van der Waals surface area contributed by atoms with E-state index in [4.69, 9.17) is 5.21 Å². The molecule has 0 saturated carbocycles. The van der Waals surface area contributed by atoms with Crippen molar-refractivity contribution in [2.24, 2.45) is 5.16 Å². The molecule has 4 nitrogen and oxygen atoms in total. The predicted octanol–water partition coefficient (Wildman–Crippen LogP) is 3.90. The van der Waals surface area contributed by atoms with Crippen LogP contribution in [0.25, 0.3) is 0 Å². The van der Waals surface area contributed by atoms with Crippen molar-refractivity contribution >= 4 is 33.2 Å². The summed E-state index contributed by atoms with van der Waals surface area (Å²) in [4.78, 5) is 12.1. The van der Waals surface area contributed by atoms with Crippen LogP contribution in [0.4, 0.5) is 5.69 Å². The first kappa shape index (κ1) is 14.3. The quantitative estimate of drug-likeness (QED) is 0.508. The SMILES string of the molecule is C/C(=N\O)c1cccc(NC(=O)c2ccc(Br)cc2)c1. The van der Waals surface area contributed by atoms with Crippen LogP contribution in [0.2, 0.25) is 0 Å². The lowest BCUT2D eigenvalue weighted by atomic mass is 10.1. The van der Waals surface area contributed by atoms with E-state index in [1.807, 2.05) is 18.2 Å². The molecule has 5 heteroatoms. The molecule has 102 valence electrons. The van der Waals surface area contributed by atoms with Gasteiger partial charge in [0.15, 0.2) is 0 Å². The van der Waals surface area contributed by atoms with Crippen LogP contribution in [0, 0.1) is 0 Å². The Morgan fingerprint density at radius 1 is 1.15 bits per heavy atom. The van der Waals surface area contributed by atoms with Crippen molar-refractivity contribution in [2.75, 3.05) is 5.32 Å². The third kappa shape index (κ3) is 3.45. The Labute approximate surface area is 125 Å². The Kier molecular flexibility index (Phi) is 4.53. The maximum absolute atomic E-state index is 12.1. The molecule has 0 aliphatic heterocycles. The zero-order valence-electron chi connectivity index (χ0n) is 10.8. The Balaban J connectivity index is 2.17. The van der Waals surface area contributed by atoms with Gasteiger partial charge in [-0.3, -0.25) is 4.79 Å². The van der Waals surface area contributed by atoms with Crippen LogP contribution in [-0.4, -0.2) is 16.8 Å². The largest absolute Gasteiger partial charge is 0.411 e. The maximum Gasteiger partial charge on any atom is 0.255 e. The van der Waals surface area contributed by atoms with Crippen LogP contribution in [0.1, 0.15) is 22.8 Å². The Morgan fingerprint density at radius 2 is 1.85 bits per heavy atom. The highest BCUT2D eigenvalue weighted by Crippen LogP contribution is 2.15. The number of hydrogen-bond acceptors (Lipinski definition) is 3. The summed E-state index contributed by atoms with van der Waals surface area (Å²) >= 11 is 3.33. The summed E-state index contributed by atoms with van der Waals surface area (Å²) in [5.41, 5.74) is 2.47. The summed E-state index contributed by atoms with van der Waals surface area (Å²) in [5.74, 6) is -0.187. The third-order valence-electron chi connectivity index (χ3n) is 2.79. The molecule has 2 N–H and O–H groups in total. The molecule has 0 fully saturated rings. The average molecular weight is 333 g/mol. The van der Waals surface area contributed by atoms with Crippen LogP contribution in [0.15, 0.2) is 58.2 Å². The minimum atomic E-state index is -0.187. The number of oxime groups is 1. The van der Waals surface area contributed by atoms with Gasteiger partial charge in [-0.25, -0.2) is 0 Å². The molecule has 0 radical (unpaired) electrons. The van der Waals surface area contributed by atoms with Crippen LogP contribution in [-0.2, 0) is 0 Å². The summed E-state index contributed by atoms with van der Waals surface area (Å²) in [6.07, 6.45) is 0. The van der Waals surface area contributed by atoms with E-state index in [1.165, 1.54) is 0 Å². The van der Waals surface area contributed by atoms with E-state index in [1.54, 1.807) is 37.3 Å². The summed E-state index contributed by atoms with van der Waals surface area (Å²) in [5, 5.41) is 14.7. The van der Waals surface area contributed by atoms with Crippen molar-refractivity contribution in [3.63, 3.8) is 0 Å². The minimum Gasteiger partial charge on any atom is -0.411 e. The molecule has 2 rings (SSSR count). The number of nitrogens with one attached hydrogen (secondary N) is 1. The number of anilines is 1. The first-order valence-electron chi connectivity index (χ1n) is 5.96. The van der Waals surface area contributed by atoms with Gasteiger partial charge < -0.3 is 10.5 Å². The number of amides is 1. The Morgan fingerprint density at radius 3 is 2.50 bits per heavy atom. The lowest BCUT2D eigenvalue weighted by Gasteiger charge is -2.07. The van der Waals surface area contributed by atoms with Gasteiger partial charge in [0.1, 0.15) is 0 Å². The first-order valence-corrected chi connectivity index (χ1v) is 6.75. The van der Waals surface area contributed by atoms with Crippen molar-refractivity contribution in [1.82, 2.24) is 0 Å². The van der Waals surface area contributed by atoms with E-state index >= 15 is 0 Å². The second kappa shape index (κ2) is 6.34. The molecule has 0 aliphatic rings. The summed E-state index contributed by atoms with van der Waals surface area (Å²) in [7, 11) is 0. The first-order chi connectivity index (χ1) is 9.60. The number of hydrogen-bond donors (Lipinski definition) is 2. The second-order valence-electron chi connectivity index (χ2n) is 4.23. The predicted molar refractivity (Wildman–Crippen MR) is 82.5 cm³/mol. The van der Waals surface area contributed by atoms with Crippen molar-refractivity contribution in [2.45, 2.75) is 6.92 Å². The highest BCUT2D eigenvalue weighted by Gasteiger charge is 2.07. The molecule has 0 unspecified atom stereocenters. The molecule has 0 aliphatic carbocycles. The van der Waals surface area contributed by atoms with Gasteiger partial charge in [0.25, 0.3) is 5.91 Å². The number of carbonyl (C=O) groups excluding carboxylic acids is 1. The molecule has 0 atom stereocenters. The Bertz CT molecular complexity index is 651. The molecule has 1 amide bonds. The van der Waals surface area contributed by atoms with Gasteiger partial charge >= 0.3 is 0 Å². The normalized spacial score (nSPS) is 11.2. The monoisotopic (exact) mass is 332 g/mol. The lowest BCUT2D eigenvalue weighted by Crippen LogP contribution is -2.12. The van der Waals surface area contributed by atoms with E-state index in [0.717, 1.165) is 10.0 Å². The molecule has 0 saturated heterocycles. The van der Waals surface area contributed by atoms with Crippen molar-refractivity contribution in [3.05, 3.63) is 64.1 Å². The molecule has 0 bridgehead atoms. The van der Waals surface area contributed by atoms with Gasteiger partial charge in [-0.05, 0) is 43.3 Å². The fraction of sp³-hybridized carbons (Fsp3) is 0.0667. The van der Waals surface area contributed by atoms with Crippen molar-refractivity contribution < 1.29 is 10.0 Å². The number of benzene rings is 2. The summed E-state index contributed by atoms with van der Waals surface area (Å²) < 4.78 is 0.922. The zero-order chi connectivity index (χ0) is 14.5. The molecule has 0 aromatic heterocycles. The lowest BCUT2D eigenvalue weighted by molar-refractivity contribution is 0.102. The second-order valence-corrected chi connectivity index (χ2v) is 5.14. The summed E-state index contributed by atoms with van der Waals surface area (Å²) in [6.45, 7) is 1.69. The van der Waals surface area contributed by atoms with E-state index < -0.39 is 0 Å². The number of halogens is 1. The van der Waals surface area contributed by atoms with E-state index in [2.05, 4.69) is 26.4 Å². The molecule has 2 aromatic rings. The fourth-order valence-corrected chi connectivity index (χ4v) is 1.95. The number of rotatable bonds is 3. The van der Waals surface area contributed by atoms with E-state index in [-0.39, 0.29) is 5.91 Å². The molecule has 20 heavy (non-hydrogen) atoms. The van der Waals surface area contributed by atoms with Crippen LogP contribution in [0.3, 0.4) is 0 Å². The fourth-order valence-electron chi connectivity index (χ4n) is 1.68. The van der Waals surface area contributed by atoms with Gasteiger partial charge in [-0.15, -0.1) is 0 Å². The maximum atomic E-state index is 12.1. The molecular weight excluding hydrogens is 320 g/mol. The summed E-state index contributed by atoms with van der Waals surface area (Å²) in [6, 6.07) is 14.2. The minimum absolute atomic E-state index is 0.187. The highest BCUT2D eigenvalue weighted by molar-refractivity contribution is 9.10. The zero-order valence-corrected chi connectivity index (χ0v) is 12.4. The van der Waals surface area contributed by atoms with Crippen molar-refractivity contribution in [3.8, 4) is 0 Å². The van der Waals surface area contributed by atoms with Gasteiger partial charge in [0.05, 0.1) is 5.71 Å². The van der Waals surface area contributed by atoms with Gasteiger partial charge in [-0.2, -0.15) is 0 Å². The molecule has 2 aromatic carbocycles. The standard InChI is InChI=1S/C15H13BrN2O2/c1-10(18-20)12-3-2-4-14(9-12)17-15(19)11-5-7-13(16)8-6-11/h2-9,20H,1H3,(H,17,19)/b18-10+. The van der Waals surface area contributed by atoms with Crippen LogP contribution in [0.5, 0.6) is 0 Å². The molecule has 0 heterocycles. The number of nitrogens with zero attached hydrogens (tertiary/aromatic N) is 1. The van der Waals surface area contributed by atoms with E-state index in [9.17, 15) is 4.79 Å². The van der Waals surface area contributed by atoms with E-state index in [0.29, 0.717) is 17.0 Å². The van der Waals surface area contributed by atoms with Gasteiger partial charge in [0, 0.05) is 21.3 Å². The van der Waals surface area contributed by atoms with Crippen LogP contribution >= 0.6 is 15.9 Å². The van der Waals surface area contributed by atoms with Crippen LogP contribution < -0.4 is 5.32 Å². The third-order valence-corrected chi connectivity index (χ3v) is 3.32. The van der Waals surface area contributed by atoms with Gasteiger partial charge in [0.2, 0.25) is 0 Å². The topological polar surface area (TPSA) is 61.7 Å². The smallest absolute Gasteiger partial charge is 0.255 e. The molecular formula is C15H13BrN2O2.